The molecule has 0 radical (unpaired) electrons. The molecule has 9 heteroatoms. The van der Waals surface area contributed by atoms with E-state index in [1.165, 1.54) is 12.3 Å². The Hall–Kier alpha value is -1.45. The molecule has 17 heavy (non-hydrogen) atoms. The van der Waals surface area contributed by atoms with Gasteiger partial charge in [-0.15, -0.1) is 0 Å². The van der Waals surface area contributed by atoms with E-state index in [9.17, 15) is 13.2 Å². The number of H-pyrrole nitrogens is 1. The van der Waals surface area contributed by atoms with Crippen LogP contribution in [-0.2, 0) is 19.6 Å². The Morgan fingerprint density at radius 1 is 1.59 bits per heavy atom. The summed E-state index contributed by atoms with van der Waals surface area (Å²) in [5.74, 6) is -1.95. The third kappa shape index (κ3) is 2.46. The number of aromatic nitrogens is 2. The van der Waals surface area contributed by atoms with Gasteiger partial charge in [0.15, 0.2) is 5.03 Å². The first-order chi connectivity index (χ1) is 8.00. The number of rotatable bonds is 4. The van der Waals surface area contributed by atoms with Crippen LogP contribution < -0.4 is 4.72 Å². The number of carbonyl (C=O) groups is 1. The van der Waals surface area contributed by atoms with Crippen molar-refractivity contribution in [1.29, 1.82) is 0 Å². The maximum atomic E-state index is 11.8. The number of hydrogen-bond donors (Lipinski definition) is 3. The second-order valence-corrected chi connectivity index (χ2v) is 5.31. The number of ether oxygens (including phenoxy) is 1. The van der Waals surface area contributed by atoms with Crippen molar-refractivity contribution in [2.75, 3.05) is 13.2 Å². The monoisotopic (exact) mass is 261 g/mol. The molecular formula is C8H11N3O5S. The van der Waals surface area contributed by atoms with Crippen LogP contribution in [0, 0.1) is 5.92 Å². The van der Waals surface area contributed by atoms with Crippen molar-refractivity contribution < 1.29 is 23.1 Å². The van der Waals surface area contributed by atoms with E-state index >= 15 is 0 Å². The first-order valence-corrected chi connectivity index (χ1v) is 6.31. The average Bonchev–Trinajstić information content (AvgIpc) is 2.85. The molecule has 0 aliphatic carbocycles. The quantitative estimate of drug-likeness (QED) is 0.625. The minimum absolute atomic E-state index is 0.00545. The van der Waals surface area contributed by atoms with E-state index in [1.54, 1.807) is 0 Å². The van der Waals surface area contributed by atoms with Gasteiger partial charge in [0.05, 0.1) is 31.4 Å². The van der Waals surface area contributed by atoms with Gasteiger partial charge in [0.1, 0.15) is 0 Å². The zero-order valence-electron chi connectivity index (χ0n) is 8.66. The minimum Gasteiger partial charge on any atom is -0.481 e. The molecule has 0 bridgehead atoms. The van der Waals surface area contributed by atoms with Crippen molar-refractivity contribution in [3.63, 3.8) is 0 Å². The van der Waals surface area contributed by atoms with Crippen LogP contribution in [0.5, 0.6) is 0 Å². The highest BCUT2D eigenvalue weighted by Gasteiger charge is 2.37. The number of aromatic amines is 1. The van der Waals surface area contributed by atoms with Crippen molar-refractivity contribution >= 4 is 16.0 Å². The van der Waals surface area contributed by atoms with Crippen molar-refractivity contribution in [1.82, 2.24) is 14.9 Å². The molecule has 1 aliphatic heterocycles. The zero-order valence-corrected chi connectivity index (χ0v) is 9.48. The van der Waals surface area contributed by atoms with Gasteiger partial charge in [-0.25, -0.2) is 13.1 Å². The van der Waals surface area contributed by atoms with Gasteiger partial charge in [0.2, 0.25) is 0 Å². The highest BCUT2D eigenvalue weighted by atomic mass is 32.2. The van der Waals surface area contributed by atoms with E-state index in [0.29, 0.717) is 0 Å². The Bertz CT molecular complexity index is 497. The van der Waals surface area contributed by atoms with Crippen LogP contribution in [0.25, 0.3) is 0 Å². The molecule has 0 aromatic carbocycles. The highest BCUT2D eigenvalue weighted by Crippen LogP contribution is 2.16. The molecule has 94 valence electrons. The second-order valence-electron chi connectivity index (χ2n) is 3.63. The van der Waals surface area contributed by atoms with Crippen LogP contribution in [0.1, 0.15) is 0 Å². The predicted octanol–water partition coefficient (Wildman–Crippen LogP) is -1.21. The SMILES string of the molecule is O=C(O)C1COCC1NS(=O)(=O)c1ccn[nH]1. The standard InChI is InChI=1S/C8H11N3O5S/c12-8(13)5-3-16-4-6(5)11-17(14,15)7-1-2-9-10-7/h1-2,5-6,11H,3-4H2,(H,9,10)(H,12,13). The maximum absolute atomic E-state index is 11.8. The van der Waals surface area contributed by atoms with Crippen LogP contribution >= 0.6 is 0 Å². The van der Waals surface area contributed by atoms with Gasteiger partial charge >= 0.3 is 5.97 Å². The molecule has 0 saturated carbocycles. The van der Waals surface area contributed by atoms with E-state index in [0.717, 1.165) is 0 Å². The molecule has 3 N–H and O–H groups in total. The Morgan fingerprint density at radius 3 is 2.94 bits per heavy atom. The first kappa shape index (κ1) is 12.0. The lowest BCUT2D eigenvalue weighted by Crippen LogP contribution is -2.42. The predicted molar refractivity (Wildman–Crippen MR) is 54.6 cm³/mol. The van der Waals surface area contributed by atoms with E-state index in [4.69, 9.17) is 9.84 Å². The lowest BCUT2D eigenvalue weighted by atomic mass is 10.1. The lowest BCUT2D eigenvalue weighted by molar-refractivity contribution is -0.142. The number of aliphatic carboxylic acids is 1. The third-order valence-electron chi connectivity index (χ3n) is 2.47. The minimum atomic E-state index is -3.78. The first-order valence-electron chi connectivity index (χ1n) is 4.83. The van der Waals surface area contributed by atoms with Gasteiger partial charge in [-0.05, 0) is 6.07 Å². The van der Waals surface area contributed by atoms with Crippen LogP contribution in [-0.4, -0.2) is 48.9 Å². The summed E-state index contributed by atoms with van der Waals surface area (Å²) in [6.07, 6.45) is 1.30. The number of nitrogens with one attached hydrogen (secondary N) is 2. The van der Waals surface area contributed by atoms with Gasteiger partial charge in [0.25, 0.3) is 10.0 Å². The van der Waals surface area contributed by atoms with E-state index in [1.807, 2.05) is 0 Å². The molecule has 0 amide bonds. The Morgan fingerprint density at radius 2 is 2.35 bits per heavy atom. The third-order valence-corrected chi connectivity index (χ3v) is 3.89. The largest absolute Gasteiger partial charge is 0.481 e. The summed E-state index contributed by atoms with van der Waals surface area (Å²) in [4.78, 5) is 10.8. The van der Waals surface area contributed by atoms with Crippen LogP contribution in [0.3, 0.4) is 0 Å². The second kappa shape index (κ2) is 4.43. The fourth-order valence-electron chi connectivity index (χ4n) is 1.57. The summed E-state index contributed by atoms with van der Waals surface area (Å²) < 4.78 is 30.8. The Balaban J connectivity index is 2.14. The topological polar surface area (TPSA) is 121 Å². The summed E-state index contributed by atoms with van der Waals surface area (Å²) in [7, 11) is -3.78. The van der Waals surface area contributed by atoms with Gasteiger partial charge in [-0.1, -0.05) is 0 Å². The molecular weight excluding hydrogens is 250 g/mol. The van der Waals surface area contributed by atoms with Gasteiger partial charge in [-0.3, -0.25) is 9.89 Å². The number of hydrogen-bond acceptors (Lipinski definition) is 5. The summed E-state index contributed by atoms with van der Waals surface area (Å²) in [5, 5.41) is 14.6. The zero-order chi connectivity index (χ0) is 12.5. The smallest absolute Gasteiger partial charge is 0.310 e. The molecule has 1 saturated heterocycles. The molecule has 0 spiro atoms. The normalized spacial score (nSPS) is 24.9. The van der Waals surface area contributed by atoms with Crippen molar-refractivity contribution in [3.8, 4) is 0 Å². The van der Waals surface area contributed by atoms with Crippen LogP contribution in [0.15, 0.2) is 17.3 Å². The van der Waals surface area contributed by atoms with E-state index in [-0.39, 0.29) is 18.2 Å². The number of nitrogens with zero attached hydrogens (tertiary/aromatic N) is 1. The van der Waals surface area contributed by atoms with Gasteiger partial charge in [0, 0.05) is 0 Å². The summed E-state index contributed by atoms with van der Waals surface area (Å²) in [6, 6.07) is 0.522. The van der Waals surface area contributed by atoms with Crippen molar-refractivity contribution in [2.45, 2.75) is 11.1 Å². The average molecular weight is 261 g/mol. The molecule has 2 heterocycles. The highest BCUT2D eigenvalue weighted by molar-refractivity contribution is 7.89. The van der Waals surface area contributed by atoms with Gasteiger partial charge < -0.3 is 9.84 Å². The fourth-order valence-corrected chi connectivity index (χ4v) is 2.74. The lowest BCUT2D eigenvalue weighted by Gasteiger charge is -2.14. The molecule has 2 rings (SSSR count). The van der Waals surface area contributed by atoms with Crippen LogP contribution in [0.4, 0.5) is 0 Å². The summed E-state index contributed by atoms with van der Waals surface area (Å²) >= 11 is 0. The molecule has 1 fully saturated rings. The number of sulfonamides is 1. The fraction of sp³-hybridized carbons (Fsp3) is 0.500. The molecule has 1 aliphatic rings. The van der Waals surface area contributed by atoms with Crippen molar-refractivity contribution in [3.05, 3.63) is 12.3 Å². The summed E-state index contributed by atoms with van der Waals surface area (Å²) in [6.45, 7) is 0.0514. The maximum Gasteiger partial charge on any atom is 0.310 e. The molecule has 2 unspecified atom stereocenters. The molecule has 1 aromatic rings. The van der Waals surface area contributed by atoms with Crippen molar-refractivity contribution in [2.24, 2.45) is 5.92 Å². The Kier molecular flexibility index (Phi) is 3.13. The molecule has 8 nitrogen and oxygen atoms in total. The number of carboxylic acids is 1. The number of carboxylic acid groups (broad SMARTS) is 1. The van der Waals surface area contributed by atoms with E-state index in [2.05, 4.69) is 14.9 Å². The van der Waals surface area contributed by atoms with E-state index < -0.39 is 28.0 Å². The Labute approximate surface area is 97.0 Å². The van der Waals surface area contributed by atoms with Gasteiger partial charge in [-0.2, -0.15) is 5.10 Å². The molecule has 2 atom stereocenters. The molecule has 1 aromatic heterocycles. The summed E-state index contributed by atoms with van der Waals surface area (Å²) in [5.41, 5.74) is 0. The van der Waals surface area contributed by atoms with Crippen LogP contribution in [0.2, 0.25) is 0 Å².